The highest BCUT2D eigenvalue weighted by molar-refractivity contribution is 5.95. The summed E-state index contributed by atoms with van der Waals surface area (Å²) in [6.07, 6.45) is 5.30. The monoisotopic (exact) mass is 406 g/mol. The van der Waals surface area contributed by atoms with Crippen molar-refractivity contribution in [2.75, 3.05) is 18.6 Å². The summed E-state index contributed by atoms with van der Waals surface area (Å²) in [5.41, 5.74) is 2.45. The fraction of sp³-hybridized carbons (Fsp3) is 0.440. The molecular formula is C25H30N2O3. The predicted octanol–water partition coefficient (Wildman–Crippen LogP) is 4.51. The number of nitrogens with zero attached hydrogens (tertiary/aromatic N) is 1. The molecule has 5 nitrogen and oxygen atoms in total. The molecule has 1 saturated heterocycles. The Morgan fingerprint density at radius 2 is 1.87 bits per heavy atom. The topological polar surface area (TPSA) is 58.6 Å². The summed E-state index contributed by atoms with van der Waals surface area (Å²) in [4.78, 5) is 27.5. The molecule has 1 atom stereocenters. The van der Waals surface area contributed by atoms with E-state index in [2.05, 4.69) is 5.32 Å². The van der Waals surface area contributed by atoms with Gasteiger partial charge in [0.25, 0.3) is 0 Å². The standard InChI is InChI=1S/C25H30N2O3/c1-18(19-8-5-10-21(16-19)27-15-7-12-23(27)28)26-24(29)25(13-3-4-14-25)20-9-6-11-22(17-20)30-2/h5-6,8-11,16-18H,3-4,7,12-15H2,1-2H3,(H,26,29). The smallest absolute Gasteiger partial charge is 0.231 e. The second-order valence-corrected chi connectivity index (χ2v) is 8.46. The third-order valence-electron chi connectivity index (χ3n) is 6.62. The van der Waals surface area contributed by atoms with E-state index in [1.807, 2.05) is 60.4 Å². The molecule has 1 saturated carbocycles. The number of hydrogen-bond acceptors (Lipinski definition) is 3. The van der Waals surface area contributed by atoms with Gasteiger partial charge in [-0.3, -0.25) is 9.59 Å². The van der Waals surface area contributed by atoms with Crippen molar-refractivity contribution in [1.82, 2.24) is 5.32 Å². The number of amides is 2. The largest absolute Gasteiger partial charge is 0.497 e. The summed E-state index contributed by atoms with van der Waals surface area (Å²) in [6.45, 7) is 2.78. The molecule has 4 rings (SSSR count). The number of hydrogen-bond donors (Lipinski definition) is 1. The highest BCUT2D eigenvalue weighted by Gasteiger charge is 2.43. The average Bonchev–Trinajstić information content (AvgIpc) is 3.44. The van der Waals surface area contributed by atoms with Crippen LogP contribution >= 0.6 is 0 Å². The van der Waals surface area contributed by atoms with Gasteiger partial charge >= 0.3 is 0 Å². The maximum Gasteiger partial charge on any atom is 0.231 e. The molecule has 5 heteroatoms. The van der Waals surface area contributed by atoms with E-state index in [0.717, 1.165) is 61.2 Å². The molecule has 1 aliphatic carbocycles. The molecule has 1 unspecified atom stereocenters. The van der Waals surface area contributed by atoms with Crippen molar-refractivity contribution in [3.05, 3.63) is 59.7 Å². The number of ether oxygens (including phenoxy) is 1. The Balaban J connectivity index is 1.55. The molecule has 0 radical (unpaired) electrons. The molecule has 2 fully saturated rings. The zero-order chi connectivity index (χ0) is 21.1. The van der Waals surface area contributed by atoms with Crippen LogP contribution in [0.15, 0.2) is 48.5 Å². The fourth-order valence-electron chi connectivity index (χ4n) is 4.85. The zero-order valence-electron chi connectivity index (χ0n) is 17.8. The van der Waals surface area contributed by atoms with Gasteiger partial charge in [-0.25, -0.2) is 0 Å². The van der Waals surface area contributed by atoms with Crippen LogP contribution in [0.1, 0.15) is 62.6 Å². The molecule has 2 aromatic carbocycles. The van der Waals surface area contributed by atoms with Gasteiger partial charge in [-0.2, -0.15) is 0 Å². The Bertz CT molecular complexity index is 933. The fourth-order valence-corrected chi connectivity index (χ4v) is 4.85. The number of methoxy groups -OCH3 is 1. The number of nitrogens with one attached hydrogen (secondary N) is 1. The molecule has 1 heterocycles. The van der Waals surface area contributed by atoms with E-state index in [-0.39, 0.29) is 17.9 Å². The van der Waals surface area contributed by atoms with Crippen LogP contribution in [0, 0.1) is 0 Å². The van der Waals surface area contributed by atoms with Gasteiger partial charge in [-0.15, -0.1) is 0 Å². The minimum atomic E-state index is -0.509. The normalized spacial score (nSPS) is 19.0. The average molecular weight is 407 g/mol. The van der Waals surface area contributed by atoms with Gasteiger partial charge in [0.2, 0.25) is 11.8 Å². The molecule has 158 valence electrons. The first-order valence-electron chi connectivity index (χ1n) is 10.9. The van der Waals surface area contributed by atoms with Gasteiger partial charge in [0.05, 0.1) is 18.6 Å². The molecule has 1 aliphatic heterocycles. The quantitative estimate of drug-likeness (QED) is 0.768. The summed E-state index contributed by atoms with van der Waals surface area (Å²) in [5.74, 6) is 1.03. The van der Waals surface area contributed by atoms with Crippen molar-refractivity contribution in [3.63, 3.8) is 0 Å². The highest BCUT2D eigenvalue weighted by Crippen LogP contribution is 2.42. The van der Waals surface area contributed by atoms with Gasteiger partial charge in [-0.05, 0) is 61.6 Å². The number of rotatable bonds is 6. The van der Waals surface area contributed by atoms with Crippen LogP contribution in [-0.4, -0.2) is 25.5 Å². The summed E-state index contributed by atoms with van der Waals surface area (Å²) < 4.78 is 5.40. The van der Waals surface area contributed by atoms with E-state index >= 15 is 0 Å². The molecule has 2 aromatic rings. The van der Waals surface area contributed by atoms with Crippen LogP contribution in [0.4, 0.5) is 5.69 Å². The first kappa shape index (κ1) is 20.5. The second kappa shape index (κ2) is 8.50. The summed E-state index contributed by atoms with van der Waals surface area (Å²) in [6, 6.07) is 15.7. The van der Waals surface area contributed by atoms with Gasteiger partial charge in [0.1, 0.15) is 5.75 Å². The Morgan fingerprint density at radius 1 is 1.10 bits per heavy atom. The molecule has 0 bridgehead atoms. The Kier molecular flexibility index (Phi) is 5.80. The molecule has 1 N–H and O–H groups in total. The predicted molar refractivity (Wildman–Crippen MR) is 118 cm³/mol. The maximum absolute atomic E-state index is 13.5. The molecular weight excluding hydrogens is 376 g/mol. The van der Waals surface area contributed by atoms with E-state index in [1.165, 1.54) is 0 Å². The first-order chi connectivity index (χ1) is 14.5. The van der Waals surface area contributed by atoms with Crippen LogP contribution in [0.5, 0.6) is 5.75 Å². The van der Waals surface area contributed by atoms with Crippen LogP contribution in [0.3, 0.4) is 0 Å². The summed E-state index contributed by atoms with van der Waals surface area (Å²) >= 11 is 0. The summed E-state index contributed by atoms with van der Waals surface area (Å²) in [7, 11) is 1.65. The lowest BCUT2D eigenvalue weighted by atomic mass is 9.77. The van der Waals surface area contributed by atoms with E-state index in [9.17, 15) is 9.59 Å². The van der Waals surface area contributed by atoms with Gasteiger partial charge < -0.3 is 15.0 Å². The zero-order valence-corrected chi connectivity index (χ0v) is 17.8. The molecule has 30 heavy (non-hydrogen) atoms. The second-order valence-electron chi connectivity index (χ2n) is 8.46. The lowest BCUT2D eigenvalue weighted by molar-refractivity contribution is -0.127. The van der Waals surface area contributed by atoms with Crippen molar-refractivity contribution in [3.8, 4) is 5.75 Å². The van der Waals surface area contributed by atoms with Gasteiger partial charge in [-0.1, -0.05) is 37.1 Å². The molecule has 2 amide bonds. The van der Waals surface area contributed by atoms with Crippen LogP contribution in [-0.2, 0) is 15.0 Å². The third-order valence-corrected chi connectivity index (χ3v) is 6.62. The van der Waals surface area contributed by atoms with Crippen molar-refractivity contribution in [2.45, 2.75) is 56.9 Å². The number of benzene rings is 2. The summed E-state index contributed by atoms with van der Waals surface area (Å²) in [5, 5.41) is 3.26. The minimum Gasteiger partial charge on any atom is -0.497 e. The highest BCUT2D eigenvalue weighted by atomic mass is 16.5. The third kappa shape index (κ3) is 3.81. The van der Waals surface area contributed by atoms with E-state index in [0.29, 0.717) is 6.42 Å². The van der Waals surface area contributed by atoms with E-state index in [4.69, 9.17) is 4.74 Å². The van der Waals surface area contributed by atoms with Gasteiger partial charge in [0.15, 0.2) is 0 Å². The van der Waals surface area contributed by atoms with E-state index in [1.54, 1.807) is 7.11 Å². The number of anilines is 1. The molecule has 0 aromatic heterocycles. The maximum atomic E-state index is 13.5. The number of carbonyl (C=O) groups is 2. The SMILES string of the molecule is COc1cccc(C2(C(=O)NC(C)c3cccc(N4CCCC4=O)c3)CCCC2)c1. The molecule has 0 spiro atoms. The Hall–Kier alpha value is -2.82. The lowest BCUT2D eigenvalue weighted by Gasteiger charge is -2.30. The Labute approximate surface area is 178 Å². The van der Waals surface area contributed by atoms with Crippen molar-refractivity contribution < 1.29 is 14.3 Å². The van der Waals surface area contributed by atoms with Crippen LogP contribution < -0.4 is 15.0 Å². The van der Waals surface area contributed by atoms with Crippen molar-refractivity contribution >= 4 is 17.5 Å². The van der Waals surface area contributed by atoms with E-state index < -0.39 is 5.41 Å². The van der Waals surface area contributed by atoms with Crippen molar-refractivity contribution in [1.29, 1.82) is 0 Å². The van der Waals surface area contributed by atoms with Crippen molar-refractivity contribution in [2.24, 2.45) is 0 Å². The number of carbonyl (C=O) groups excluding carboxylic acids is 2. The minimum absolute atomic E-state index is 0.0726. The Morgan fingerprint density at radius 3 is 2.57 bits per heavy atom. The lowest BCUT2D eigenvalue weighted by Crippen LogP contribution is -2.43. The van der Waals surface area contributed by atoms with Gasteiger partial charge in [0, 0.05) is 18.7 Å². The van der Waals surface area contributed by atoms with Crippen LogP contribution in [0.25, 0.3) is 0 Å². The molecule has 2 aliphatic rings. The van der Waals surface area contributed by atoms with Crippen LogP contribution in [0.2, 0.25) is 0 Å². The first-order valence-corrected chi connectivity index (χ1v) is 10.9.